The summed E-state index contributed by atoms with van der Waals surface area (Å²) in [6, 6.07) is 13.3. The minimum absolute atomic E-state index is 0.0994. The summed E-state index contributed by atoms with van der Waals surface area (Å²) in [4.78, 5) is 12.2. The van der Waals surface area contributed by atoms with Crippen LogP contribution in [0.2, 0.25) is 0 Å². The summed E-state index contributed by atoms with van der Waals surface area (Å²) >= 11 is 3.11. The Bertz CT molecular complexity index is 992. The first-order valence-corrected chi connectivity index (χ1v) is 9.02. The number of hydrogen-bond donors (Lipinski definition) is 1. The maximum atomic E-state index is 13.4. The number of nitrogens with zero attached hydrogens (tertiary/aromatic N) is 3. The van der Waals surface area contributed by atoms with E-state index in [0.29, 0.717) is 11.3 Å². The van der Waals surface area contributed by atoms with Crippen LogP contribution in [0.25, 0.3) is 0 Å². The number of hydrogen-bond acceptors (Lipinski definition) is 7. The predicted octanol–water partition coefficient (Wildman–Crippen LogP) is 3.58. The highest BCUT2D eigenvalue weighted by molar-refractivity contribution is 9.10. The van der Waals surface area contributed by atoms with Crippen molar-refractivity contribution >= 4 is 27.4 Å². The molecule has 1 aromatic heterocycles. The number of benzene rings is 2. The van der Waals surface area contributed by atoms with Gasteiger partial charge in [0, 0.05) is 6.42 Å². The van der Waals surface area contributed by atoms with Gasteiger partial charge in [0.05, 0.1) is 10.9 Å². The lowest BCUT2D eigenvalue weighted by atomic mass is 10.0. The third-order valence-corrected chi connectivity index (χ3v) is 4.42. The Hall–Kier alpha value is -3.07. The number of carbonyl (C=O) groups is 1. The molecule has 1 heterocycles. The number of ether oxygens (including phenoxy) is 1. The Labute approximate surface area is 167 Å². The van der Waals surface area contributed by atoms with E-state index < -0.39 is 5.82 Å². The summed E-state index contributed by atoms with van der Waals surface area (Å²) in [6.07, 6.45) is 0.0447. The summed E-state index contributed by atoms with van der Waals surface area (Å²) in [5.74, 6) is -0.0736. The van der Waals surface area contributed by atoms with E-state index in [2.05, 4.69) is 31.4 Å². The van der Waals surface area contributed by atoms with Crippen molar-refractivity contribution in [1.82, 2.24) is 10.3 Å². The average Bonchev–Trinajstić information content (AvgIpc) is 3.16. The number of aromatic nitrogens is 2. The van der Waals surface area contributed by atoms with Crippen LogP contribution in [0.5, 0.6) is 5.75 Å². The number of para-hydroxylation sites is 1. The van der Waals surface area contributed by atoms with E-state index >= 15 is 0 Å². The second kappa shape index (κ2) is 9.23. The fourth-order valence-corrected chi connectivity index (χ4v) is 2.90. The molecule has 0 saturated heterocycles. The van der Waals surface area contributed by atoms with E-state index in [1.807, 2.05) is 6.07 Å². The van der Waals surface area contributed by atoms with Crippen LogP contribution < -0.4 is 4.74 Å². The molecule has 0 bridgehead atoms. The van der Waals surface area contributed by atoms with Crippen LogP contribution in [0.15, 0.2) is 62.8 Å². The second-order valence-corrected chi connectivity index (χ2v) is 6.70. The third-order valence-electron chi connectivity index (χ3n) is 3.81. The summed E-state index contributed by atoms with van der Waals surface area (Å²) in [7, 11) is 0. The van der Waals surface area contributed by atoms with E-state index in [1.165, 1.54) is 6.07 Å². The summed E-state index contributed by atoms with van der Waals surface area (Å²) in [5, 5.41) is 20.1. The molecule has 2 aromatic carbocycles. The Kier molecular flexibility index (Phi) is 6.49. The Morgan fingerprint density at radius 2 is 1.96 bits per heavy atom. The van der Waals surface area contributed by atoms with E-state index in [4.69, 9.17) is 9.37 Å². The van der Waals surface area contributed by atoms with Gasteiger partial charge in [-0.25, -0.2) is 9.02 Å². The first-order chi connectivity index (χ1) is 13.6. The highest BCUT2D eigenvalue weighted by Gasteiger charge is 2.20. The molecule has 0 aliphatic heterocycles. The minimum Gasteiger partial charge on any atom is -0.486 e. The molecule has 3 rings (SSSR count). The van der Waals surface area contributed by atoms with Crippen molar-refractivity contribution in [3.05, 3.63) is 75.8 Å². The standard InChI is InChI=1S/C19H15BrFN3O4/c20-15-8-12(6-7-16(15)21)9-17(22-26)19-18(23-28-24-19)10-13(25)11-27-14-4-2-1-3-5-14/h1-8,26H,9-11H2/b22-17+. The van der Waals surface area contributed by atoms with Gasteiger partial charge >= 0.3 is 0 Å². The van der Waals surface area contributed by atoms with Crippen LogP contribution in [0, 0.1) is 5.82 Å². The van der Waals surface area contributed by atoms with Crippen LogP contribution >= 0.6 is 15.9 Å². The minimum atomic E-state index is -0.404. The smallest absolute Gasteiger partial charge is 0.176 e. The fraction of sp³-hybridized carbons (Fsp3) is 0.158. The molecule has 1 N–H and O–H groups in total. The molecule has 0 amide bonds. The molecule has 9 heteroatoms. The maximum absolute atomic E-state index is 13.4. The van der Waals surface area contributed by atoms with Gasteiger partial charge in [0.15, 0.2) is 11.5 Å². The van der Waals surface area contributed by atoms with Gasteiger partial charge in [-0.05, 0) is 50.9 Å². The highest BCUT2D eigenvalue weighted by atomic mass is 79.9. The van der Waals surface area contributed by atoms with Gasteiger partial charge in [-0.2, -0.15) is 0 Å². The van der Waals surface area contributed by atoms with Gasteiger partial charge in [-0.15, -0.1) is 0 Å². The van der Waals surface area contributed by atoms with Crippen molar-refractivity contribution in [3.8, 4) is 5.75 Å². The van der Waals surface area contributed by atoms with E-state index in [0.717, 1.165) is 0 Å². The van der Waals surface area contributed by atoms with E-state index in [1.54, 1.807) is 36.4 Å². The van der Waals surface area contributed by atoms with Crippen molar-refractivity contribution in [2.45, 2.75) is 12.8 Å². The Morgan fingerprint density at radius 3 is 2.68 bits per heavy atom. The molecule has 0 fully saturated rings. The molecule has 144 valence electrons. The molecule has 0 aliphatic carbocycles. The van der Waals surface area contributed by atoms with Crippen LogP contribution in [0.1, 0.15) is 17.0 Å². The molecule has 0 unspecified atom stereocenters. The normalized spacial score (nSPS) is 11.4. The van der Waals surface area contributed by atoms with Crippen LogP contribution in [-0.2, 0) is 17.6 Å². The number of ketones is 1. The first kappa shape index (κ1) is 19.7. The topological polar surface area (TPSA) is 97.8 Å². The number of rotatable bonds is 8. The SMILES string of the molecule is O=C(COc1ccccc1)Cc1nonc1/C(Cc1ccc(F)c(Br)c1)=N/O. The quantitative estimate of drug-likeness (QED) is 0.322. The van der Waals surface area contributed by atoms with E-state index in [-0.39, 0.29) is 46.8 Å². The second-order valence-electron chi connectivity index (χ2n) is 5.85. The number of oxime groups is 1. The van der Waals surface area contributed by atoms with Gasteiger partial charge in [0.1, 0.15) is 29.6 Å². The lowest BCUT2D eigenvalue weighted by Gasteiger charge is -2.06. The van der Waals surface area contributed by atoms with Gasteiger partial charge in [0.2, 0.25) is 0 Å². The van der Waals surface area contributed by atoms with Crippen LogP contribution in [-0.4, -0.2) is 33.6 Å². The van der Waals surface area contributed by atoms with Crippen molar-refractivity contribution in [1.29, 1.82) is 0 Å². The summed E-state index contributed by atoms with van der Waals surface area (Å²) in [5.41, 5.74) is 1.21. The van der Waals surface area contributed by atoms with Gasteiger partial charge in [-0.3, -0.25) is 4.79 Å². The van der Waals surface area contributed by atoms with Crippen molar-refractivity contribution in [2.24, 2.45) is 5.16 Å². The van der Waals surface area contributed by atoms with Crippen molar-refractivity contribution < 1.29 is 23.8 Å². The maximum Gasteiger partial charge on any atom is 0.176 e. The van der Waals surface area contributed by atoms with Crippen LogP contribution in [0.3, 0.4) is 0 Å². The molecule has 0 saturated carbocycles. The molecule has 0 radical (unpaired) electrons. The third kappa shape index (κ3) is 5.01. The molecule has 7 nitrogen and oxygen atoms in total. The van der Waals surface area contributed by atoms with Gasteiger partial charge in [0.25, 0.3) is 0 Å². The first-order valence-electron chi connectivity index (χ1n) is 8.23. The van der Waals surface area contributed by atoms with Crippen molar-refractivity contribution in [3.63, 3.8) is 0 Å². The number of carbonyl (C=O) groups excluding carboxylic acids is 1. The van der Waals surface area contributed by atoms with Crippen LogP contribution in [0.4, 0.5) is 4.39 Å². The lowest BCUT2D eigenvalue weighted by molar-refractivity contribution is -0.120. The molecule has 0 aliphatic rings. The largest absolute Gasteiger partial charge is 0.486 e. The predicted molar refractivity (Wildman–Crippen MR) is 101 cm³/mol. The molecule has 28 heavy (non-hydrogen) atoms. The molecular weight excluding hydrogens is 433 g/mol. The van der Waals surface area contributed by atoms with Crippen molar-refractivity contribution in [2.75, 3.05) is 6.61 Å². The molecular formula is C19H15BrFN3O4. The molecule has 0 spiro atoms. The zero-order valence-corrected chi connectivity index (χ0v) is 16.1. The zero-order chi connectivity index (χ0) is 19.9. The molecule has 0 atom stereocenters. The van der Waals surface area contributed by atoms with E-state index in [9.17, 15) is 14.4 Å². The Morgan fingerprint density at radius 1 is 1.18 bits per heavy atom. The highest BCUT2D eigenvalue weighted by Crippen LogP contribution is 2.19. The van der Waals surface area contributed by atoms with Gasteiger partial charge in [-0.1, -0.05) is 34.6 Å². The lowest BCUT2D eigenvalue weighted by Crippen LogP contribution is -2.17. The summed E-state index contributed by atoms with van der Waals surface area (Å²) in [6.45, 7) is -0.146. The summed E-state index contributed by atoms with van der Waals surface area (Å²) < 4.78 is 23.8. The number of Topliss-reactive ketones (excluding diaryl/α,β-unsaturated/α-hetero) is 1. The monoisotopic (exact) mass is 447 g/mol. The zero-order valence-electron chi connectivity index (χ0n) is 14.5. The molecule has 3 aromatic rings. The van der Waals surface area contributed by atoms with Gasteiger partial charge < -0.3 is 9.94 Å². The Balaban J connectivity index is 1.67. The average molecular weight is 448 g/mol. The number of halogens is 2. The fourth-order valence-electron chi connectivity index (χ4n) is 2.47.